The van der Waals surface area contributed by atoms with Crippen LogP contribution in [0.5, 0.6) is 0 Å². The van der Waals surface area contributed by atoms with Crippen LogP contribution in [0.4, 0.5) is 5.82 Å². The summed E-state index contributed by atoms with van der Waals surface area (Å²) in [6, 6.07) is 3.73. The molecule has 0 N–H and O–H groups in total. The summed E-state index contributed by atoms with van der Waals surface area (Å²) < 4.78 is 3.30. The number of hydrogen-bond donors (Lipinski definition) is 0. The molecule has 0 bridgehead atoms. The summed E-state index contributed by atoms with van der Waals surface area (Å²) >= 11 is 0. The summed E-state index contributed by atoms with van der Waals surface area (Å²) in [6.45, 7) is 9.45. The molecule has 0 aromatic carbocycles. The molecular formula is C23H25N7O. The Kier molecular flexibility index (Phi) is 4.39. The average Bonchev–Trinajstić information content (AvgIpc) is 3.08. The minimum Gasteiger partial charge on any atom is -0.350 e. The molecule has 31 heavy (non-hydrogen) atoms. The summed E-state index contributed by atoms with van der Waals surface area (Å²) in [5, 5.41) is 9.07. The molecule has 1 aliphatic heterocycles. The first-order valence-corrected chi connectivity index (χ1v) is 10.4. The number of nitrogens with zero attached hydrogens (tertiary/aromatic N) is 7. The molecule has 1 aliphatic rings. The predicted octanol–water partition coefficient (Wildman–Crippen LogP) is 2.68. The monoisotopic (exact) mass is 415 g/mol. The van der Waals surface area contributed by atoms with E-state index in [4.69, 9.17) is 10.1 Å². The Labute approximate surface area is 180 Å². The number of rotatable bonds is 2. The van der Waals surface area contributed by atoms with E-state index in [1.807, 2.05) is 38.0 Å². The topological polar surface area (TPSA) is 81.2 Å². The molecule has 0 aliphatic carbocycles. The summed E-state index contributed by atoms with van der Waals surface area (Å²) in [7, 11) is 1.95. The molecule has 0 radical (unpaired) electrons. The van der Waals surface area contributed by atoms with Gasteiger partial charge in [0.15, 0.2) is 11.5 Å². The van der Waals surface area contributed by atoms with Gasteiger partial charge in [-0.25, -0.2) is 4.98 Å². The van der Waals surface area contributed by atoms with Gasteiger partial charge < -0.3 is 4.90 Å². The molecule has 5 rings (SSSR count). The van der Waals surface area contributed by atoms with E-state index in [0.717, 1.165) is 52.4 Å². The van der Waals surface area contributed by atoms with E-state index in [0.29, 0.717) is 17.9 Å². The quantitative estimate of drug-likeness (QED) is 0.501. The molecule has 4 aromatic rings. The van der Waals surface area contributed by atoms with Crippen molar-refractivity contribution in [2.24, 2.45) is 7.05 Å². The van der Waals surface area contributed by atoms with Gasteiger partial charge in [0.1, 0.15) is 0 Å². The van der Waals surface area contributed by atoms with Gasteiger partial charge in [-0.3, -0.25) is 14.5 Å². The lowest BCUT2D eigenvalue weighted by atomic mass is 10.00. The molecule has 8 nitrogen and oxygen atoms in total. The van der Waals surface area contributed by atoms with Gasteiger partial charge in [-0.15, -0.1) is 5.10 Å². The van der Waals surface area contributed by atoms with Crippen molar-refractivity contribution in [2.45, 2.75) is 40.7 Å². The number of pyridine rings is 1. The normalized spacial score (nSPS) is 13.6. The van der Waals surface area contributed by atoms with Crippen LogP contribution in [0.2, 0.25) is 0 Å². The van der Waals surface area contributed by atoms with Crippen LogP contribution in [0.25, 0.3) is 16.8 Å². The summed E-state index contributed by atoms with van der Waals surface area (Å²) in [5.41, 5.74) is 8.78. The van der Waals surface area contributed by atoms with Crippen molar-refractivity contribution in [3.63, 3.8) is 0 Å². The third-order valence-corrected chi connectivity index (χ3v) is 6.34. The lowest BCUT2D eigenvalue weighted by molar-refractivity contribution is 0.684. The smallest absolute Gasteiger partial charge is 0.274 e. The maximum Gasteiger partial charge on any atom is 0.274 e. The van der Waals surface area contributed by atoms with E-state index in [-0.39, 0.29) is 5.56 Å². The molecule has 0 fully saturated rings. The maximum absolute atomic E-state index is 12.6. The Morgan fingerprint density at radius 1 is 1.03 bits per heavy atom. The van der Waals surface area contributed by atoms with Gasteiger partial charge in [-0.1, -0.05) is 0 Å². The Morgan fingerprint density at radius 3 is 2.58 bits per heavy atom. The van der Waals surface area contributed by atoms with Crippen LogP contribution in [-0.2, 0) is 20.0 Å². The van der Waals surface area contributed by atoms with Gasteiger partial charge in [0.05, 0.1) is 6.20 Å². The lowest BCUT2D eigenvalue weighted by Gasteiger charge is -2.31. The van der Waals surface area contributed by atoms with Crippen molar-refractivity contribution in [1.29, 1.82) is 0 Å². The van der Waals surface area contributed by atoms with Gasteiger partial charge in [-0.2, -0.15) is 9.61 Å². The molecular weight excluding hydrogens is 390 g/mol. The Bertz CT molecular complexity index is 1400. The van der Waals surface area contributed by atoms with Crippen molar-refractivity contribution in [2.75, 3.05) is 11.4 Å². The molecule has 4 aromatic heterocycles. The largest absolute Gasteiger partial charge is 0.350 e. The van der Waals surface area contributed by atoms with Crippen molar-refractivity contribution in [3.05, 3.63) is 68.7 Å². The second kappa shape index (κ2) is 7.01. The van der Waals surface area contributed by atoms with Gasteiger partial charge >= 0.3 is 0 Å². The second-order valence-corrected chi connectivity index (χ2v) is 8.31. The molecule has 0 saturated carbocycles. The first-order valence-electron chi connectivity index (χ1n) is 10.4. The molecule has 158 valence electrons. The maximum atomic E-state index is 12.6. The van der Waals surface area contributed by atoms with Crippen molar-refractivity contribution < 1.29 is 0 Å². The first kappa shape index (κ1) is 19.4. The molecule has 0 unspecified atom stereocenters. The minimum atomic E-state index is -0.153. The van der Waals surface area contributed by atoms with Crippen molar-refractivity contribution in [3.8, 4) is 11.1 Å². The van der Waals surface area contributed by atoms with Crippen LogP contribution in [-0.4, -0.2) is 35.9 Å². The lowest BCUT2D eigenvalue weighted by Crippen LogP contribution is -2.34. The van der Waals surface area contributed by atoms with E-state index in [1.165, 1.54) is 16.1 Å². The number of anilines is 1. The highest BCUT2D eigenvalue weighted by Crippen LogP contribution is 2.30. The number of aryl methyl sites for hydroxylation is 3. The molecule has 0 saturated heterocycles. The Balaban J connectivity index is 1.57. The first-order chi connectivity index (χ1) is 14.8. The molecule has 8 heteroatoms. The fourth-order valence-corrected chi connectivity index (χ4v) is 4.27. The summed E-state index contributed by atoms with van der Waals surface area (Å²) in [6.07, 6.45) is 4.66. The molecule has 5 heterocycles. The SMILES string of the molecule is Cc1cc(=O)n2nc(N3CCc4ncc(-c5cnn(C)c5C)cc4C3)c(C)c(C)c2n1. The fraction of sp³-hybridized carbons (Fsp3) is 0.348. The Hall–Kier alpha value is -3.55. The fourth-order valence-electron chi connectivity index (χ4n) is 4.27. The highest BCUT2D eigenvalue weighted by molar-refractivity contribution is 5.66. The van der Waals surface area contributed by atoms with Crippen LogP contribution in [0, 0.1) is 27.7 Å². The van der Waals surface area contributed by atoms with Crippen molar-refractivity contribution >= 4 is 11.5 Å². The number of hydrogen-bond acceptors (Lipinski definition) is 6. The Morgan fingerprint density at radius 2 is 1.84 bits per heavy atom. The van der Waals surface area contributed by atoms with E-state index < -0.39 is 0 Å². The predicted molar refractivity (Wildman–Crippen MR) is 119 cm³/mol. The van der Waals surface area contributed by atoms with E-state index >= 15 is 0 Å². The highest BCUT2D eigenvalue weighted by atomic mass is 16.1. The summed E-state index contributed by atoms with van der Waals surface area (Å²) in [4.78, 5) is 24.1. The number of fused-ring (bicyclic) bond motifs is 2. The van der Waals surface area contributed by atoms with Gasteiger partial charge in [-0.05, 0) is 39.3 Å². The zero-order chi connectivity index (χ0) is 21.9. The molecule has 0 amide bonds. The van der Waals surface area contributed by atoms with Gasteiger partial charge in [0.25, 0.3) is 5.56 Å². The molecule has 0 atom stereocenters. The van der Waals surface area contributed by atoms with E-state index in [9.17, 15) is 4.79 Å². The van der Waals surface area contributed by atoms with E-state index in [1.54, 1.807) is 0 Å². The standard InChI is InChI=1S/C23H25N7O/c1-13-8-21(31)30-22(26-13)14(2)15(3)23(27-30)29-7-6-20-18(12-29)9-17(10-24-20)19-11-25-28(5)16(19)4/h8-11H,6-7,12H2,1-5H3. The third kappa shape index (κ3) is 3.10. The highest BCUT2D eigenvalue weighted by Gasteiger charge is 2.23. The number of aromatic nitrogens is 6. The average molecular weight is 416 g/mol. The van der Waals surface area contributed by atoms with Crippen molar-refractivity contribution in [1.82, 2.24) is 29.4 Å². The molecule has 0 spiro atoms. The van der Waals surface area contributed by atoms with Crippen LogP contribution in [0.15, 0.2) is 29.3 Å². The van der Waals surface area contributed by atoms with Gasteiger partial charge in [0.2, 0.25) is 0 Å². The minimum absolute atomic E-state index is 0.153. The van der Waals surface area contributed by atoms with Crippen LogP contribution in [0.1, 0.15) is 33.8 Å². The van der Waals surface area contributed by atoms with Crippen LogP contribution in [0.3, 0.4) is 0 Å². The summed E-state index contributed by atoms with van der Waals surface area (Å²) in [5.74, 6) is 0.825. The van der Waals surface area contributed by atoms with E-state index in [2.05, 4.69) is 34.9 Å². The van der Waals surface area contributed by atoms with Crippen LogP contribution < -0.4 is 10.5 Å². The second-order valence-electron chi connectivity index (χ2n) is 8.31. The zero-order valence-electron chi connectivity index (χ0n) is 18.5. The van der Waals surface area contributed by atoms with Crippen LogP contribution >= 0.6 is 0 Å². The van der Waals surface area contributed by atoms with Gasteiger partial charge in [0, 0.05) is 78.2 Å². The third-order valence-electron chi connectivity index (χ3n) is 6.34. The zero-order valence-corrected chi connectivity index (χ0v) is 18.5.